The van der Waals surface area contributed by atoms with Crippen LogP contribution in [0.3, 0.4) is 0 Å². The van der Waals surface area contributed by atoms with Crippen molar-refractivity contribution in [2.75, 3.05) is 6.61 Å². The Hall–Kier alpha value is -1.41. The maximum atomic E-state index is 12.2. The Morgan fingerprint density at radius 3 is 2.57 bits per heavy atom. The molecule has 0 saturated carbocycles. The number of ketones is 1. The fourth-order valence-electron chi connectivity index (χ4n) is 2.22. The summed E-state index contributed by atoms with van der Waals surface area (Å²) in [7, 11) is 0. The number of allylic oxidation sites excluding steroid dienone is 2. The van der Waals surface area contributed by atoms with Crippen molar-refractivity contribution >= 4 is 5.78 Å². The summed E-state index contributed by atoms with van der Waals surface area (Å²) in [5.41, 5.74) is 0.705. The summed E-state index contributed by atoms with van der Waals surface area (Å²) in [6, 6.07) is 0. The molecule has 118 valence electrons. The lowest BCUT2D eigenvalue weighted by molar-refractivity contribution is -0.258. The zero-order valence-corrected chi connectivity index (χ0v) is 12.2. The molecule has 2 heterocycles. The first kappa shape index (κ1) is 16.0. The van der Waals surface area contributed by atoms with Crippen LogP contribution in [0.5, 0.6) is 0 Å². The number of hydrogen-bond acceptors (Lipinski definition) is 7. The maximum Gasteiger partial charge on any atom is 0.266 e. The molecule has 1 saturated heterocycles. The van der Waals surface area contributed by atoms with Crippen molar-refractivity contribution in [1.82, 2.24) is 0 Å². The van der Waals surface area contributed by atoms with Gasteiger partial charge in [0.1, 0.15) is 11.9 Å². The normalized spacial score (nSPS) is 33.2. The van der Waals surface area contributed by atoms with E-state index in [2.05, 4.69) is 0 Å². The molecule has 2 aliphatic rings. The van der Waals surface area contributed by atoms with E-state index in [1.807, 2.05) is 0 Å². The summed E-state index contributed by atoms with van der Waals surface area (Å²) in [6.07, 6.45) is -4.20. The van der Waals surface area contributed by atoms with Gasteiger partial charge >= 0.3 is 0 Å². The highest BCUT2D eigenvalue weighted by atomic mass is 16.7. The molecule has 0 spiro atoms. The van der Waals surface area contributed by atoms with Crippen LogP contribution in [0, 0.1) is 0 Å². The van der Waals surface area contributed by atoms with Crippen LogP contribution >= 0.6 is 0 Å². The van der Waals surface area contributed by atoms with Crippen molar-refractivity contribution in [3.8, 4) is 0 Å². The molecule has 0 radical (unpaired) electrons. The summed E-state index contributed by atoms with van der Waals surface area (Å²) in [4.78, 5) is 12.2. The van der Waals surface area contributed by atoms with Crippen LogP contribution in [0.15, 0.2) is 22.9 Å². The quantitative estimate of drug-likeness (QED) is 0.628. The van der Waals surface area contributed by atoms with E-state index in [1.165, 1.54) is 0 Å². The predicted octanol–water partition coefficient (Wildman–Crippen LogP) is -0.0432. The minimum atomic E-state index is -1.31. The van der Waals surface area contributed by atoms with Crippen LogP contribution in [0.25, 0.3) is 0 Å². The third-order valence-corrected chi connectivity index (χ3v) is 3.38. The summed E-state index contributed by atoms with van der Waals surface area (Å²) in [6.45, 7) is 4.73. The Morgan fingerprint density at radius 2 is 2.05 bits per heavy atom. The Labute approximate surface area is 122 Å². The van der Waals surface area contributed by atoms with Crippen molar-refractivity contribution in [3.63, 3.8) is 0 Å². The zero-order valence-electron chi connectivity index (χ0n) is 12.2. The van der Waals surface area contributed by atoms with Gasteiger partial charge in [0.05, 0.1) is 18.8 Å². The van der Waals surface area contributed by atoms with Gasteiger partial charge in [0.15, 0.2) is 5.76 Å². The van der Waals surface area contributed by atoms with Gasteiger partial charge in [-0.1, -0.05) is 0 Å². The first-order valence-corrected chi connectivity index (χ1v) is 6.75. The maximum absolute atomic E-state index is 12.2. The lowest BCUT2D eigenvalue weighted by atomic mass is 10.0. The number of aliphatic hydroxyl groups excluding tert-OH is 3. The summed E-state index contributed by atoms with van der Waals surface area (Å²) < 4.78 is 16.1. The number of carbonyl (C=O) groups excluding carboxylic acids is 1. The van der Waals surface area contributed by atoms with Crippen molar-refractivity contribution in [1.29, 1.82) is 0 Å². The number of carbonyl (C=O) groups is 1. The molecule has 7 nitrogen and oxygen atoms in total. The second-order valence-electron chi connectivity index (χ2n) is 5.37. The Bertz CT molecular complexity index is 490. The van der Waals surface area contributed by atoms with E-state index in [-0.39, 0.29) is 30.3 Å². The molecule has 2 rings (SSSR count). The third kappa shape index (κ3) is 3.11. The molecule has 0 aromatic rings. The van der Waals surface area contributed by atoms with Crippen molar-refractivity contribution in [2.24, 2.45) is 0 Å². The van der Waals surface area contributed by atoms with Crippen LogP contribution in [-0.2, 0) is 19.0 Å². The van der Waals surface area contributed by atoms with Crippen molar-refractivity contribution in [2.45, 2.75) is 51.8 Å². The highest BCUT2D eigenvalue weighted by Crippen LogP contribution is 2.31. The molecule has 0 bridgehead atoms. The van der Waals surface area contributed by atoms with Gasteiger partial charge in [0, 0.05) is 6.42 Å². The average molecular weight is 300 g/mol. The van der Waals surface area contributed by atoms with Gasteiger partial charge in [-0.25, -0.2) is 0 Å². The monoisotopic (exact) mass is 300 g/mol. The molecule has 21 heavy (non-hydrogen) atoms. The van der Waals surface area contributed by atoms with Gasteiger partial charge in [-0.2, -0.15) is 0 Å². The molecule has 3 N–H and O–H groups in total. The van der Waals surface area contributed by atoms with Gasteiger partial charge < -0.3 is 29.5 Å². The molecule has 0 aromatic heterocycles. The number of ether oxygens (including phenoxy) is 3. The number of aliphatic hydroxyl groups is 3. The molecule has 2 aliphatic heterocycles. The summed E-state index contributed by atoms with van der Waals surface area (Å²) >= 11 is 0. The Morgan fingerprint density at radius 1 is 1.38 bits per heavy atom. The van der Waals surface area contributed by atoms with Gasteiger partial charge in [0.2, 0.25) is 12.0 Å². The zero-order chi connectivity index (χ0) is 15.7. The molecule has 1 fully saturated rings. The van der Waals surface area contributed by atoms with Crippen molar-refractivity contribution < 1.29 is 34.3 Å². The second kappa shape index (κ2) is 6.15. The van der Waals surface area contributed by atoms with E-state index < -0.39 is 30.4 Å². The van der Waals surface area contributed by atoms with E-state index in [4.69, 9.17) is 19.3 Å². The molecule has 7 heteroatoms. The number of Topliss-reactive ketones (excluding diaryl/α,β-unsaturated/α-hetero) is 1. The lowest BCUT2D eigenvalue weighted by Gasteiger charge is -2.36. The fraction of sp³-hybridized carbons (Fsp3) is 0.643. The lowest BCUT2D eigenvalue weighted by Crippen LogP contribution is -2.50. The van der Waals surface area contributed by atoms with E-state index >= 15 is 0 Å². The van der Waals surface area contributed by atoms with Gasteiger partial charge in [-0.05, 0) is 26.3 Å². The number of rotatable bonds is 3. The fourth-order valence-corrected chi connectivity index (χ4v) is 2.22. The Balaban J connectivity index is 2.15. The van der Waals surface area contributed by atoms with E-state index in [0.29, 0.717) is 5.57 Å². The second-order valence-corrected chi connectivity index (χ2v) is 5.37. The third-order valence-electron chi connectivity index (χ3n) is 3.38. The topological polar surface area (TPSA) is 105 Å². The average Bonchev–Trinajstić information content (AvgIpc) is 2.71. The predicted molar refractivity (Wildman–Crippen MR) is 70.6 cm³/mol. The highest BCUT2D eigenvalue weighted by Gasteiger charge is 2.41. The first-order valence-electron chi connectivity index (χ1n) is 6.75. The van der Waals surface area contributed by atoms with Crippen LogP contribution in [0.4, 0.5) is 0 Å². The molecule has 0 aliphatic carbocycles. The summed E-state index contributed by atoms with van der Waals surface area (Å²) in [5.74, 6) is -0.0235. The van der Waals surface area contributed by atoms with E-state index in [1.54, 1.807) is 20.8 Å². The SMILES string of the molecule is CC(C)=C1OC(C)=C(O[C@@H]2O[C@H](CO)C[C@H](O)[C@H]2O)C1=O. The van der Waals surface area contributed by atoms with Crippen LogP contribution in [0.1, 0.15) is 27.2 Å². The molecular weight excluding hydrogens is 280 g/mol. The van der Waals surface area contributed by atoms with E-state index in [0.717, 1.165) is 0 Å². The molecule has 0 aromatic carbocycles. The van der Waals surface area contributed by atoms with Gasteiger partial charge in [-0.3, -0.25) is 4.79 Å². The molecule has 4 atom stereocenters. The van der Waals surface area contributed by atoms with Crippen LogP contribution in [0.2, 0.25) is 0 Å². The number of hydrogen-bond donors (Lipinski definition) is 3. The summed E-state index contributed by atoms with van der Waals surface area (Å²) in [5, 5.41) is 28.7. The first-order chi connectivity index (χ1) is 9.85. The minimum absolute atomic E-state index is 0.0546. The smallest absolute Gasteiger partial charge is 0.266 e. The minimum Gasteiger partial charge on any atom is -0.454 e. The van der Waals surface area contributed by atoms with E-state index in [9.17, 15) is 15.0 Å². The highest BCUT2D eigenvalue weighted by molar-refractivity contribution is 6.08. The molecule has 0 amide bonds. The standard InChI is InChI=1S/C14H20O7/c1-6(2)12-11(18)13(7(3)19-12)21-14-10(17)9(16)4-8(5-15)20-14/h8-10,14-17H,4-5H2,1-3H3/t8-,9-,10+,14-/m0/s1. The van der Waals surface area contributed by atoms with Gasteiger partial charge in [-0.15, -0.1) is 0 Å². The van der Waals surface area contributed by atoms with Gasteiger partial charge in [0.25, 0.3) is 5.78 Å². The molecular formula is C14H20O7. The molecule has 0 unspecified atom stereocenters. The van der Waals surface area contributed by atoms with Crippen LogP contribution < -0.4 is 0 Å². The largest absolute Gasteiger partial charge is 0.454 e. The Kier molecular flexibility index (Phi) is 4.67. The van der Waals surface area contributed by atoms with Crippen molar-refractivity contribution in [3.05, 3.63) is 22.9 Å². The van der Waals surface area contributed by atoms with Crippen LogP contribution in [-0.4, -0.2) is 52.3 Å².